The van der Waals surface area contributed by atoms with Crippen molar-refractivity contribution in [3.05, 3.63) is 0 Å². The van der Waals surface area contributed by atoms with Gasteiger partial charge in [-0.25, -0.2) is 5.06 Å². The fraction of sp³-hybridized carbons (Fsp3) is 0.917. The molecular weight excluding hydrogens is 190 g/mol. The third kappa shape index (κ3) is 4.65. The molecule has 1 amide bonds. The van der Waals surface area contributed by atoms with Crippen molar-refractivity contribution in [2.75, 3.05) is 0 Å². The molecule has 0 spiro atoms. The van der Waals surface area contributed by atoms with Crippen molar-refractivity contribution >= 4 is 5.91 Å². The van der Waals surface area contributed by atoms with Crippen LogP contribution in [0.1, 0.15) is 64.7 Å². The lowest BCUT2D eigenvalue weighted by Gasteiger charge is -2.25. The van der Waals surface area contributed by atoms with Crippen LogP contribution in [0.15, 0.2) is 0 Å². The number of carbonyl (C=O) groups excluding carboxylic acids is 1. The molecule has 0 bridgehead atoms. The summed E-state index contributed by atoms with van der Waals surface area (Å²) >= 11 is 0. The van der Waals surface area contributed by atoms with E-state index in [1.165, 1.54) is 39.0 Å². The second-order valence-corrected chi connectivity index (χ2v) is 4.57. The summed E-state index contributed by atoms with van der Waals surface area (Å²) in [5.74, 6) is -0.225. The van der Waals surface area contributed by atoms with E-state index in [1.807, 2.05) is 0 Å². The van der Waals surface area contributed by atoms with Crippen molar-refractivity contribution in [2.24, 2.45) is 0 Å². The molecule has 0 aromatic rings. The van der Waals surface area contributed by atoms with Gasteiger partial charge in [-0.1, -0.05) is 44.9 Å². The molecule has 0 atom stereocenters. The van der Waals surface area contributed by atoms with Crippen LogP contribution in [0.5, 0.6) is 0 Å². The van der Waals surface area contributed by atoms with Gasteiger partial charge in [0.15, 0.2) is 0 Å². The molecule has 1 N–H and O–H groups in total. The molecule has 1 saturated carbocycles. The summed E-state index contributed by atoms with van der Waals surface area (Å²) in [4.78, 5) is 11.1. The van der Waals surface area contributed by atoms with Gasteiger partial charge in [0.1, 0.15) is 0 Å². The lowest BCUT2D eigenvalue weighted by atomic mass is 9.97. The molecule has 1 aliphatic carbocycles. The van der Waals surface area contributed by atoms with Gasteiger partial charge in [0, 0.05) is 6.92 Å². The predicted molar refractivity (Wildman–Crippen MR) is 59.6 cm³/mol. The highest BCUT2D eigenvalue weighted by molar-refractivity contribution is 5.72. The zero-order valence-corrected chi connectivity index (χ0v) is 9.74. The van der Waals surface area contributed by atoms with E-state index in [0.29, 0.717) is 0 Å². The van der Waals surface area contributed by atoms with Crippen molar-refractivity contribution < 1.29 is 10.0 Å². The van der Waals surface area contributed by atoms with Gasteiger partial charge in [-0.2, -0.15) is 0 Å². The second-order valence-electron chi connectivity index (χ2n) is 4.57. The predicted octanol–water partition coefficient (Wildman–Crippen LogP) is 3.12. The summed E-state index contributed by atoms with van der Waals surface area (Å²) in [6.45, 7) is 1.43. The Morgan fingerprint density at radius 1 is 1.00 bits per heavy atom. The minimum absolute atomic E-state index is 0.0561. The van der Waals surface area contributed by atoms with Crippen molar-refractivity contribution in [3.8, 4) is 0 Å². The first-order valence-corrected chi connectivity index (χ1v) is 6.20. The average molecular weight is 213 g/mol. The highest BCUT2D eigenvalue weighted by Gasteiger charge is 2.18. The van der Waals surface area contributed by atoms with Gasteiger partial charge in [-0.05, 0) is 12.8 Å². The summed E-state index contributed by atoms with van der Waals surface area (Å²) in [5.41, 5.74) is 0. The van der Waals surface area contributed by atoms with E-state index < -0.39 is 0 Å². The van der Waals surface area contributed by atoms with Gasteiger partial charge in [0.05, 0.1) is 6.04 Å². The molecule has 15 heavy (non-hydrogen) atoms. The second kappa shape index (κ2) is 6.83. The Morgan fingerprint density at radius 3 is 1.80 bits per heavy atom. The number of hydrogen-bond donors (Lipinski definition) is 1. The van der Waals surface area contributed by atoms with Crippen LogP contribution >= 0.6 is 0 Å². The van der Waals surface area contributed by atoms with Gasteiger partial charge in [0.25, 0.3) is 0 Å². The maximum absolute atomic E-state index is 11.1. The SMILES string of the molecule is CC(=O)N(O)C1CCCCCCCCC1. The number of hydrogen-bond acceptors (Lipinski definition) is 2. The van der Waals surface area contributed by atoms with E-state index in [1.54, 1.807) is 0 Å². The monoisotopic (exact) mass is 213 g/mol. The molecule has 1 aliphatic rings. The van der Waals surface area contributed by atoms with E-state index in [0.717, 1.165) is 30.7 Å². The standard InChI is InChI=1S/C12H23NO2/c1-11(14)13(15)12-9-7-5-3-2-4-6-8-10-12/h12,15H,2-10H2,1H3. The minimum Gasteiger partial charge on any atom is -0.286 e. The summed E-state index contributed by atoms with van der Waals surface area (Å²) in [5, 5.41) is 10.6. The highest BCUT2D eigenvalue weighted by Crippen LogP contribution is 2.19. The highest BCUT2D eigenvalue weighted by atomic mass is 16.5. The fourth-order valence-electron chi connectivity index (χ4n) is 2.29. The fourth-order valence-corrected chi connectivity index (χ4v) is 2.29. The molecule has 3 heteroatoms. The first-order chi connectivity index (χ1) is 7.22. The van der Waals surface area contributed by atoms with E-state index in [4.69, 9.17) is 0 Å². The molecular formula is C12H23NO2. The third-order valence-electron chi connectivity index (χ3n) is 3.24. The topological polar surface area (TPSA) is 40.5 Å². The Morgan fingerprint density at radius 2 is 1.40 bits per heavy atom. The Labute approximate surface area is 92.4 Å². The van der Waals surface area contributed by atoms with Crippen LogP contribution in [0.3, 0.4) is 0 Å². The van der Waals surface area contributed by atoms with Gasteiger partial charge in [0.2, 0.25) is 5.91 Å². The molecule has 0 aliphatic heterocycles. The maximum atomic E-state index is 11.1. The van der Waals surface area contributed by atoms with E-state index in [2.05, 4.69) is 0 Å². The lowest BCUT2D eigenvalue weighted by Crippen LogP contribution is -2.36. The number of nitrogens with zero attached hydrogens (tertiary/aromatic N) is 1. The van der Waals surface area contributed by atoms with Crippen molar-refractivity contribution in [2.45, 2.75) is 70.8 Å². The first kappa shape index (κ1) is 12.5. The van der Waals surface area contributed by atoms with Gasteiger partial charge in [-0.15, -0.1) is 0 Å². The van der Waals surface area contributed by atoms with Crippen LogP contribution < -0.4 is 0 Å². The Bertz CT molecular complexity index is 184. The normalized spacial score (nSPS) is 20.9. The third-order valence-corrected chi connectivity index (χ3v) is 3.24. The number of amides is 1. The van der Waals surface area contributed by atoms with Crippen LogP contribution in [-0.2, 0) is 4.79 Å². The van der Waals surface area contributed by atoms with Gasteiger partial charge in [-0.3, -0.25) is 10.0 Å². The summed E-state index contributed by atoms with van der Waals surface area (Å²) < 4.78 is 0. The molecule has 0 aromatic carbocycles. The quantitative estimate of drug-likeness (QED) is 0.537. The van der Waals surface area contributed by atoms with Crippen LogP contribution in [0.4, 0.5) is 0 Å². The van der Waals surface area contributed by atoms with E-state index >= 15 is 0 Å². The number of hydroxylamine groups is 2. The van der Waals surface area contributed by atoms with E-state index in [9.17, 15) is 10.0 Å². The van der Waals surface area contributed by atoms with Crippen molar-refractivity contribution in [1.82, 2.24) is 5.06 Å². The van der Waals surface area contributed by atoms with Gasteiger partial charge < -0.3 is 0 Å². The molecule has 0 unspecified atom stereocenters. The van der Waals surface area contributed by atoms with Crippen LogP contribution in [0.25, 0.3) is 0 Å². The summed E-state index contributed by atoms with van der Waals surface area (Å²) in [6, 6.07) is 0.0561. The molecule has 3 nitrogen and oxygen atoms in total. The molecule has 1 rings (SSSR count). The zero-order chi connectivity index (χ0) is 11.1. The van der Waals surface area contributed by atoms with Crippen molar-refractivity contribution in [3.63, 3.8) is 0 Å². The maximum Gasteiger partial charge on any atom is 0.243 e. The molecule has 1 fully saturated rings. The molecule has 0 saturated heterocycles. The van der Waals surface area contributed by atoms with Crippen molar-refractivity contribution in [1.29, 1.82) is 0 Å². The molecule has 88 valence electrons. The molecule has 0 aromatic heterocycles. The number of rotatable bonds is 1. The number of carbonyl (C=O) groups is 1. The van der Waals surface area contributed by atoms with Crippen LogP contribution in [-0.4, -0.2) is 22.2 Å². The zero-order valence-electron chi connectivity index (χ0n) is 9.74. The smallest absolute Gasteiger partial charge is 0.243 e. The molecule has 0 radical (unpaired) electrons. The van der Waals surface area contributed by atoms with Crippen LogP contribution in [0.2, 0.25) is 0 Å². The first-order valence-electron chi connectivity index (χ1n) is 6.20. The Hall–Kier alpha value is -0.570. The minimum atomic E-state index is -0.225. The van der Waals surface area contributed by atoms with Crippen LogP contribution in [0, 0.1) is 0 Å². The summed E-state index contributed by atoms with van der Waals surface area (Å²) in [7, 11) is 0. The Kier molecular flexibility index (Phi) is 5.69. The average Bonchev–Trinajstić information content (AvgIpc) is 2.24. The lowest BCUT2D eigenvalue weighted by molar-refractivity contribution is -0.174. The summed E-state index contributed by atoms with van der Waals surface area (Å²) in [6.07, 6.45) is 10.6. The largest absolute Gasteiger partial charge is 0.286 e. The van der Waals surface area contributed by atoms with Gasteiger partial charge >= 0.3 is 0 Å². The van der Waals surface area contributed by atoms with E-state index in [-0.39, 0.29) is 11.9 Å². The Balaban J connectivity index is 2.40. The molecule has 0 heterocycles.